The SMILES string of the molecule is C=Cc1ccc2c(-c3ccc4c5c(ccnc35)CCO4)c(C(OC(C)(C)C)C(=O)O)c(C)cc2c1F. The van der Waals surface area contributed by atoms with E-state index < -0.39 is 23.5 Å². The fraction of sp³-hybridized carbons (Fsp3) is 0.267. The fourth-order valence-corrected chi connectivity index (χ4v) is 5.08. The second kappa shape index (κ2) is 8.71. The number of fused-ring (bicyclic) bond motifs is 1. The predicted octanol–water partition coefficient (Wildman–Crippen LogP) is 7.02. The van der Waals surface area contributed by atoms with E-state index in [0.717, 1.165) is 23.1 Å². The van der Waals surface area contributed by atoms with Crippen molar-refractivity contribution in [2.45, 2.75) is 45.8 Å². The van der Waals surface area contributed by atoms with Crippen LogP contribution in [-0.2, 0) is 16.0 Å². The van der Waals surface area contributed by atoms with Crippen LogP contribution in [0.2, 0.25) is 0 Å². The molecule has 0 saturated carbocycles. The number of carboxylic acid groups (broad SMARTS) is 1. The Bertz CT molecular complexity index is 1540. The van der Waals surface area contributed by atoms with E-state index in [2.05, 4.69) is 6.58 Å². The zero-order valence-electron chi connectivity index (χ0n) is 20.8. The Morgan fingerprint density at radius 2 is 2.00 bits per heavy atom. The van der Waals surface area contributed by atoms with Crippen molar-refractivity contribution in [2.24, 2.45) is 0 Å². The van der Waals surface area contributed by atoms with Gasteiger partial charge in [0.1, 0.15) is 11.6 Å². The molecule has 3 aromatic carbocycles. The highest BCUT2D eigenvalue weighted by Gasteiger charge is 2.33. The predicted molar refractivity (Wildman–Crippen MR) is 140 cm³/mol. The van der Waals surface area contributed by atoms with E-state index in [1.807, 2.05) is 45.0 Å². The molecule has 1 unspecified atom stereocenters. The van der Waals surface area contributed by atoms with Gasteiger partial charge in [-0.15, -0.1) is 0 Å². The zero-order valence-corrected chi connectivity index (χ0v) is 20.8. The van der Waals surface area contributed by atoms with Gasteiger partial charge in [-0.2, -0.15) is 0 Å². The van der Waals surface area contributed by atoms with Crippen LogP contribution in [0, 0.1) is 12.7 Å². The summed E-state index contributed by atoms with van der Waals surface area (Å²) in [7, 11) is 0. The summed E-state index contributed by atoms with van der Waals surface area (Å²) in [5.41, 5.74) is 3.85. The topological polar surface area (TPSA) is 68.7 Å². The largest absolute Gasteiger partial charge is 0.493 e. The van der Waals surface area contributed by atoms with Gasteiger partial charge in [0.25, 0.3) is 0 Å². The third kappa shape index (κ3) is 3.91. The van der Waals surface area contributed by atoms with Crippen LogP contribution in [0.1, 0.15) is 49.1 Å². The van der Waals surface area contributed by atoms with Gasteiger partial charge in [0.2, 0.25) is 0 Å². The van der Waals surface area contributed by atoms with Crippen LogP contribution in [-0.4, -0.2) is 28.3 Å². The first-order chi connectivity index (χ1) is 17.1. The lowest BCUT2D eigenvalue weighted by atomic mass is 9.85. The number of aromatic nitrogens is 1. The molecule has 1 N–H and O–H groups in total. The van der Waals surface area contributed by atoms with Crippen LogP contribution >= 0.6 is 0 Å². The molecule has 36 heavy (non-hydrogen) atoms. The number of halogens is 1. The highest BCUT2D eigenvalue weighted by molar-refractivity contribution is 6.09. The lowest BCUT2D eigenvalue weighted by Gasteiger charge is -2.29. The molecule has 0 bridgehead atoms. The molecular weight excluding hydrogens is 457 g/mol. The normalized spacial score (nSPS) is 14.0. The molecule has 5 rings (SSSR count). The van der Waals surface area contributed by atoms with Gasteiger partial charge in [0.15, 0.2) is 6.10 Å². The second-order valence-electron chi connectivity index (χ2n) is 10.1. The summed E-state index contributed by atoms with van der Waals surface area (Å²) >= 11 is 0. The van der Waals surface area contributed by atoms with Crippen LogP contribution in [0.3, 0.4) is 0 Å². The van der Waals surface area contributed by atoms with Crippen molar-refractivity contribution < 1.29 is 23.8 Å². The summed E-state index contributed by atoms with van der Waals surface area (Å²) in [4.78, 5) is 17.3. The highest BCUT2D eigenvalue weighted by Crippen LogP contribution is 2.45. The Hall–Kier alpha value is -3.77. The smallest absolute Gasteiger partial charge is 0.337 e. The van der Waals surface area contributed by atoms with Crippen molar-refractivity contribution in [3.63, 3.8) is 0 Å². The molecule has 0 radical (unpaired) electrons. The van der Waals surface area contributed by atoms with Crippen LogP contribution in [0.4, 0.5) is 4.39 Å². The average Bonchev–Trinajstić information content (AvgIpc) is 2.83. The minimum absolute atomic E-state index is 0.379. The monoisotopic (exact) mass is 485 g/mol. The average molecular weight is 486 g/mol. The van der Waals surface area contributed by atoms with E-state index in [-0.39, 0.29) is 0 Å². The number of aliphatic carboxylic acids is 1. The molecule has 1 aliphatic rings. The number of hydrogen-bond acceptors (Lipinski definition) is 4. The van der Waals surface area contributed by atoms with Crippen molar-refractivity contribution in [2.75, 3.05) is 6.61 Å². The number of rotatable bonds is 5. The standard InChI is InChI=1S/C30H28FNO4/c1-6-17-7-8-19-21(26(17)31)15-16(2)23(28(29(33)34)36-30(3,4)5)25(19)20-9-10-22-24-18(12-14-35-22)11-13-32-27(20)24/h6-11,13,15,28H,1,12,14H2,2-5H3,(H,33,34). The number of ether oxygens (including phenoxy) is 2. The Balaban J connectivity index is 1.95. The summed E-state index contributed by atoms with van der Waals surface area (Å²) < 4.78 is 27.5. The molecule has 6 heteroatoms. The van der Waals surface area contributed by atoms with Crippen molar-refractivity contribution in [1.82, 2.24) is 4.98 Å². The lowest BCUT2D eigenvalue weighted by Crippen LogP contribution is -2.28. The summed E-state index contributed by atoms with van der Waals surface area (Å²) in [6, 6.07) is 10.9. The molecule has 0 amide bonds. The first kappa shape index (κ1) is 23.9. The molecule has 184 valence electrons. The molecule has 0 spiro atoms. The van der Waals surface area contributed by atoms with Gasteiger partial charge >= 0.3 is 5.97 Å². The van der Waals surface area contributed by atoms with Crippen LogP contribution in [0.15, 0.2) is 49.2 Å². The molecular formula is C30H28FNO4. The number of carboxylic acids is 1. The molecule has 1 aromatic heterocycles. The van der Waals surface area contributed by atoms with Gasteiger partial charge in [-0.1, -0.05) is 24.8 Å². The number of benzene rings is 3. The van der Waals surface area contributed by atoms with Crippen LogP contribution < -0.4 is 4.74 Å². The fourth-order valence-electron chi connectivity index (χ4n) is 5.08. The van der Waals surface area contributed by atoms with Crippen molar-refractivity contribution in [3.8, 4) is 16.9 Å². The molecule has 0 aliphatic carbocycles. The summed E-state index contributed by atoms with van der Waals surface area (Å²) in [5.74, 6) is -0.778. The quantitative estimate of drug-likeness (QED) is 0.329. The second-order valence-corrected chi connectivity index (χ2v) is 10.1. The zero-order chi connectivity index (χ0) is 25.8. The molecule has 0 fully saturated rings. The van der Waals surface area contributed by atoms with E-state index in [9.17, 15) is 9.90 Å². The third-order valence-electron chi connectivity index (χ3n) is 6.55. The maximum absolute atomic E-state index is 15.6. The summed E-state index contributed by atoms with van der Waals surface area (Å²) in [6.07, 6.45) is 2.71. The Kier molecular flexibility index (Phi) is 5.80. The molecule has 2 heterocycles. The number of carbonyl (C=O) groups is 1. The Labute approximate surface area is 209 Å². The molecule has 4 aromatic rings. The first-order valence-corrected chi connectivity index (χ1v) is 11.9. The van der Waals surface area contributed by atoms with E-state index in [4.69, 9.17) is 14.5 Å². The van der Waals surface area contributed by atoms with Crippen molar-refractivity contribution >= 4 is 33.7 Å². The summed E-state index contributed by atoms with van der Waals surface area (Å²) in [5, 5.41) is 12.2. The number of nitrogens with zero attached hydrogens (tertiary/aromatic N) is 1. The van der Waals surface area contributed by atoms with Gasteiger partial charge in [0, 0.05) is 40.1 Å². The maximum Gasteiger partial charge on any atom is 0.337 e. The maximum atomic E-state index is 15.6. The van der Waals surface area contributed by atoms with Crippen molar-refractivity contribution in [3.05, 3.63) is 77.2 Å². The van der Waals surface area contributed by atoms with Crippen molar-refractivity contribution in [1.29, 1.82) is 0 Å². The molecule has 5 nitrogen and oxygen atoms in total. The van der Waals surface area contributed by atoms with E-state index in [1.165, 1.54) is 6.08 Å². The van der Waals surface area contributed by atoms with E-state index in [0.29, 0.717) is 50.7 Å². The van der Waals surface area contributed by atoms with E-state index in [1.54, 1.807) is 25.3 Å². The summed E-state index contributed by atoms with van der Waals surface area (Å²) in [6.45, 7) is 11.6. The Morgan fingerprint density at radius 1 is 1.22 bits per heavy atom. The van der Waals surface area contributed by atoms with Crippen LogP contribution in [0.5, 0.6) is 5.75 Å². The molecule has 1 aliphatic heterocycles. The van der Waals surface area contributed by atoms with Gasteiger partial charge in [-0.05, 0) is 74.0 Å². The third-order valence-corrected chi connectivity index (χ3v) is 6.55. The highest BCUT2D eigenvalue weighted by atomic mass is 19.1. The van der Waals surface area contributed by atoms with Gasteiger partial charge < -0.3 is 14.6 Å². The number of hydrogen-bond donors (Lipinski definition) is 1. The molecule has 0 saturated heterocycles. The number of aryl methyl sites for hydroxylation is 1. The first-order valence-electron chi connectivity index (χ1n) is 11.9. The molecule has 1 atom stereocenters. The van der Waals surface area contributed by atoms with Gasteiger partial charge in [-0.3, -0.25) is 4.98 Å². The van der Waals surface area contributed by atoms with Crippen LogP contribution in [0.25, 0.3) is 38.9 Å². The van der Waals surface area contributed by atoms with Gasteiger partial charge in [0.05, 0.1) is 17.7 Å². The lowest BCUT2D eigenvalue weighted by molar-refractivity contribution is -0.160. The Morgan fingerprint density at radius 3 is 2.69 bits per heavy atom. The van der Waals surface area contributed by atoms with Gasteiger partial charge in [-0.25, -0.2) is 9.18 Å². The minimum atomic E-state index is -1.27. The van der Waals surface area contributed by atoms with E-state index >= 15 is 4.39 Å². The minimum Gasteiger partial charge on any atom is -0.493 e. The number of pyridine rings is 1.